The highest BCUT2D eigenvalue weighted by atomic mass is 15.1. The average molecular weight is 707 g/mol. The molecule has 9 rings (SSSR count). The van der Waals surface area contributed by atoms with Gasteiger partial charge in [0, 0.05) is 39.5 Å². The maximum atomic E-state index is 3.88. The van der Waals surface area contributed by atoms with Gasteiger partial charge in [-0.15, -0.1) is 0 Å². The van der Waals surface area contributed by atoms with E-state index in [1.165, 1.54) is 44.5 Å². The summed E-state index contributed by atoms with van der Waals surface area (Å²) in [6.07, 6.45) is 1.88. The molecule has 0 saturated heterocycles. The number of benzene rings is 8. The molecule has 8 aromatic rings. The molecule has 0 fully saturated rings. The second-order valence-corrected chi connectivity index (χ2v) is 14.7. The first-order valence-corrected chi connectivity index (χ1v) is 19.0. The Bertz CT molecular complexity index is 2550. The molecular formula is C53H42N2. The van der Waals surface area contributed by atoms with Crippen molar-refractivity contribution in [2.75, 3.05) is 9.80 Å². The molecule has 1 aliphatic rings. The Labute approximate surface area is 324 Å². The average Bonchev–Trinajstić information content (AvgIpc) is 3.47. The highest BCUT2D eigenvalue weighted by molar-refractivity contribution is 5.88. The van der Waals surface area contributed by atoms with Crippen LogP contribution < -0.4 is 9.80 Å². The molecular weight excluding hydrogens is 665 g/mol. The van der Waals surface area contributed by atoms with E-state index in [9.17, 15) is 0 Å². The topological polar surface area (TPSA) is 6.48 Å². The molecule has 0 radical (unpaired) electrons. The van der Waals surface area contributed by atoms with E-state index in [-0.39, 0.29) is 5.41 Å². The Kier molecular flexibility index (Phi) is 8.72. The lowest BCUT2D eigenvalue weighted by atomic mass is 9.82. The normalized spacial score (nSPS) is 12.4. The van der Waals surface area contributed by atoms with Gasteiger partial charge in [0.05, 0.1) is 0 Å². The molecule has 1 aliphatic carbocycles. The van der Waals surface area contributed by atoms with Gasteiger partial charge in [0.2, 0.25) is 0 Å². The predicted molar refractivity (Wildman–Crippen MR) is 234 cm³/mol. The molecule has 0 aromatic heterocycles. The first-order chi connectivity index (χ1) is 27.0. The van der Waals surface area contributed by atoms with E-state index in [2.05, 4.69) is 230 Å². The Morgan fingerprint density at radius 3 is 1.04 bits per heavy atom. The summed E-state index contributed by atoms with van der Waals surface area (Å²) in [6.45, 7) is 8.61. The van der Waals surface area contributed by atoms with Crippen molar-refractivity contribution in [1.29, 1.82) is 0 Å². The summed E-state index contributed by atoms with van der Waals surface area (Å²) >= 11 is 0. The van der Waals surface area contributed by atoms with Crippen molar-refractivity contribution in [3.63, 3.8) is 0 Å². The fourth-order valence-corrected chi connectivity index (χ4v) is 8.09. The van der Waals surface area contributed by atoms with Crippen LogP contribution in [-0.2, 0) is 5.41 Å². The lowest BCUT2D eigenvalue weighted by Crippen LogP contribution is -2.17. The lowest BCUT2D eigenvalue weighted by molar-refractivity contribution is 0.660. The largest absolute Gasteiger partial charge is 0.310 e. The number of hydrogen-bond donors (Lipinski definition) is 0. The standard InChI is InChI=1S/C53H42N2/c1-4-38-20-22-39(23-21-38)40-24-26-41(27-25-40)42-28-30-46(31-29-42)55(45-18-12-7-13-19-45)48-33-35-50-49-34-32-47(36-51(49)53(2,3)52(50)37-48)54(43-14-8-5-9-15-43)44-16-10-6-11-17-44/h4-37H,1H2,2-3H3. The van der Waals surface area contributed by atoms with E-state index in [1.807, 2.05) is 6.08 Å². The summed E-state index contributed by atoms with van der Waals surface area (Å²) in [4.78, 5) is 4.72. The van der Waals surface area contributed by atoms with E-state index in [0.717, 1.165) is 39.7 Å². The predicted octanol–water partition coefficient (Wildman–Crippen LogP) is 14.9. The molecule has 0 amide bonds. The van der Waals surface area contributed by atoms with Crippen LogP contribution in [0.25, 0.3) is 39.5 Å². The lowest BCUT2D eigenvalue weighted by Gasteiger charge is -2.29. The van der Waals surface area contributed by atoms with Crippen LogP contribution in [0, 0.1) is 0 Å². The van der Waals surface area contributed by atoms with Crippen LogP contribution in [0.5, 0.6) is 0 Å². The first-order valence-electron chi connectivity index (χ1n) is 19.0. The number of para-hydroxylation sites is 3. The summed E-state index contributed by atoms with van der Waals surface area (Å²) in [5.74, 6) is 0. The Hall–Kier alpha value is -6.90. The van der Waals surface area contributed by atoms with Gasteiger partial charge in [-0.25, -0.2) is 0 Å². The molecule has 2 nitrogen and oxygen atoms in total. The number of hydrogen-bond acceptors (Lipinski definition) is 2. The van der Waals surface area contributed by atoms with Crippen molar-refractivity contribution >= 4 is 40.2 Å². The second-order valence-electron chi connectivity index (χ2n) is 14.7. The van der Waals surface area contributed by atoms with E-state index in [1.54, 1.807) is 0 Å². The minimum atomic E-state index is -0.207. The zero-order valence-electron chi connectivity index (χ0n) is 31.2. The molecule has 0 N–H and O–H groups in total. The highest BCUT2D eigenvalue weighted by Gasteiger charge is 2.37. The summed E-state index contributed by atoms with van der Waals surface area (Å²) in [5, 5.41) is 0. The molecule has 0 bridgehead atoms. The Morgan fingerprint density at radius 2 is 0.673 bits per heavy atom. The summed E-state index contributed by atoms with van der Waals surface area (Å²) < 4.78 is 0. The summed E-state index contributed by atoms with van der Waals surface area (Å²) in [5.41, 5.74) is 17.8. The maximum Gasteiger partial charge on any atom is 0.0465 e. The third kappa shape index (κ3) is 6.32. The second kappa shape index (κ2) is 14.2. The first kappa shape index (κ1) is 33.9. The van der Waals surface area contributed by atoms with Crippen LogP contribution in [0.3, 0.4) is 0 Å². The van der Waals surface area contributed by atoms with Crippen LogP contribution in [-0.4, -0.2) is 0 Å². The molecule has 264 valence electrons. The minimum Gasteiger partial charge on any atom is -0.310 e. The molecule has 0 aliphatic heterocycles. The van der Waals surface area contributed by atoms with E-state index < -0.39 is 0 Å². The highest BCUT2D eigenvalue weighted by Crippen LogP contribution is 2.52. The van der Waals surface area contributed by atoms with Crippen molar-refractivity contribution in [3.05, 3.63) is 223 Å². The molecule has 55 heavy (non-hydrogen) atoms. The van der Waals surface area contributed by atoms with Gasteiger partial charge in [-0.05, 0) is 123 Å². The molecule has 0 heterocycles. The van der Waals surface area contributed by atoms with Crippen LogP contribution in [0.1, 0.15) is 30.5 Å². The maximum absolute atomic E-state index is 3.88. The number of nitrogens with zero attached hydrogens (tertiary/aromatic N) is 2. The quantitative estimate of drug-likeness (QED) is 0.147. The molecule has 0 saturated carbocycles. The third-order valence-corrected chi connectivity index (χ3v) is 11.0. The zero-order chi connectivity index (χ0) is 37.4. The molecule has 2 heteroatoms. The number of rotatable bonds is 9. The fourth-order valence-electron chi connectivity index (χ4n) is 8.09. The van der Waals surface area contributed by atoms with E-state index >= 15 is 0 Å². The molecule has 8 aromatic carbocycles. The smallest absolute Gasteiger partial charge is 0.0465 e. The van der Waals surface area contributed by atoms with Gasteiger partial charge in [0.25, 0.3) is 0 Å². The van der Waals surface area contributed by atoms with E-state index in [4.69, 9.17) is 0 Å². The number of anilines is 6. The van der Waals surface area contributed by atoms with Gasteiger partial charge < -0.3 is 9.80 Å². The van der Waals surface area contributed by atoms with Gasteiger partial charge in [-0.3, -0.25) is 0 Å². The number of fused-ring (bicyclic) bond motifs is 3. The summed E-state index contributed by atoms with van der Waals surface area (Å²) in [6, 6.07) is 72.3. The van der Waals surface area contributed by atoms with Crippen molar-refractivity contribution < 1.29 is 0 Å². The van der Waals surface area contributed by atoms with Gasteiger partial charge in [-0.2, -0.15) is 0 Å². The van der Waals surface area contributed by atoms with Crippen LogP contribution in [0.4, 0.5) is 34.1 Å². The Balaban J connectivity index is 1.05. The molecule has 0 spiro atoms. The van der Waals surface area contributed by atoms with Gasteiger partial charge >= 0.3 is 0 Å². The zero-order valence-corrected chi connectivity index (χ0v) is 31.2. The fraction of sp³-hybridized carbons (Fsp3) is 0.0566. The van der Waals surface area contributed by atoms with Gasteiger partial charge in [0.1, 0.15) is 0 Å². The molecule has 0 atom stereocenters. The van der Waals surface area contributed by atoms with Crippen LogP contribution >= 0.6 is 0 Å². The third-order valence-electron chi connectivity index (χ3n) is 11.0. The molecule has 0 unspecified atom stereocenters. The summed E-state index contributed by atoms with van der Waals surface area (Å²) in [7, 11) is 0. The monoisotopic (exact) mass is 706 g/mol. The van der Waals surface area contributed by atoms with Crippen LogP contribution in [0.2, 0.25) is 0 Å². The van der Waals surface area contributed by atoms with Gasteiger partial charge in [-0.1, -0.05) is 154 Å². The van der Waals surface area contributed by atoms with Crippen molar-refractivity contribution in [2.45, 2.75) is 19.3 Å². The van der Waals surface area contributed by atoms with Crippen molar-refractivity contribution in [3.8, 4) is 33.4 Å². The van der Waals surface area contributed by atoms with Crippen molar-refractivity contribution in [1.82, 2.24) is 0 Å². The van der Waals surface area contributed by atoms with E-state index in [0.29, 0.717) is 0 Å². The Morgan fingerprint density at radius 1 is 0.364 bits per heavy atom. The van der Waals surface area contributed by atoms with Crippen molar-refractivity contribution in [2.24, 2.45) is 0 Å². The SMILES string of the molecule is C=Cc1ccc(-c2ccc(-c3ccc(N(c4ccccc4)c4ccc5c(c4)C(C)(C)c4cc(N(c6ccccc6)c6ccccc6)ccc4-5)cc3)cc2)cc1. The minimum absolute atomic E-state index is 0.207. The van der Waals surface area contributed by atoms with Gasteiger partial charge in [0.15, 0.2) is 0 Å². The van der Waals surface area contributed by atoms with Crippen LogP contribution in [0.15, 0.2) is 207 Å².